The maximum atomic E-state index is 14.1. The highest BCUT2D eigenvalue weighted by atomic mass is 16.2. The van der Waals surface area contributed by atoms with Crippen molar-refractivity contribution >= 4 is 28.6 Å². The van der Waals surface area contributed by atoms with E-state index in [0.717, 1.165) is 0 Å². The second-order valence-electron chi connectivity index (χ2n) is 8.97. The van der Waals surface area contributed by atoms with E-state index in [-0.39, 0.29) is 11.7 Å². The highest BCUT2D eigenvalue weighted by Gasteiger charge is 2.49. The molecule has 6 rings (SSSR count). The van der Waals surface area contributed by atoms with Gasteiger partial charge in [-0.2, -0.15) is 0 Å². The first-order chi connectivity index (χ1) is 18.1. The van der Waals surface area contributed by atoms with E-state index in [1.807, 2.05) is 36.4 Å². The van der Waals surface area contributed by atoms with E-state index in [2.05, 4.69) is 10.3 Å². The summed E-state index contributed by atoms with van der Waals surface area (Å²) in [5.74, 6) is -2.12. The number of ketones is 1. The lowest BCUT2D eigenvalue weighted by molar-refractivity contribution is 0.0727. The van der Waals surface area contributed by atoms with Crippen molar-refractivity contribution in [2.45, 2.75) is 17.9 Å². The molecule has 37 heavy (non-hydrogen) atoms. The van der Waals surface area contributed by atoms with Crippen LogP contribution in [0.4, 0.5) is 0 Å². The zero-order valence-corrected chi connectivity index (χ0v) is 19.7. The standard InChI is InChI=1S/C30H22N4O3/c35-27(19-10-3-1-4-11-19)25-24(21-14-9-17-31-18-21)26(33-29(36)20-12-5-2-6-13-20)30(37)34-23-16-8-7-15-22(23)32-28(25)34/h1-18,24-26H,(H,33,36). The van der Waals surface area contributed by atoms with E-state index in [1.165, 1.54) is 4.57 Å². The van der Waals surface area contributed by atoms with Crippen LogP contribution in [-0.4, -0.2) is 38.2 Å². The third-order valence-corrected chi connectivity index (χ3v) is 6.80. The van der Waals surface area contributed by atoms with Crippen LogP contribution in [0.5, 0.6) is 0 Å². The molecule has 0 radical (unpaired) electrons. The molecule has 3 unspecified atom stereocenters. The summed E-state index contributed by atoms with van der Waals surface area (Å²) in [5, 5.41) is 2.95. The van der Waals surface area contributed by atoms with Gasteiger partial charge in [-0.15, -0.1) is 0 Å². The van der Waals surface area contributed by atoms with Crippen molar-refractivity contribution < 1.29 is 14.4 Å². The highest BCUT2D eigenvalue weighted by Crippen LogP contribution is 2.43. The van der Waals surface area contributed by atoms with E-state index in [4.69, 9.17) is 4.98 Å². The Balaban J connectivity index is 1.57. The molecule has 7 nitrogen and oxygen atoms in total. The average molecular weight is 487 g/mol. The van der Waals surface area contributed by atoms with Gasteiger partial charge in [0.15, 0.2) is 5.78 Å². The van der Waals surface area contributed by atoms with Crippen molar-refractivity contribution in [1.29, 1.82) is 0 Å². The minimum atomic E-state index is -1.03. The Labute approximate surface area is 212 Å². The van der Waals surface area contributed by atoms with Crippen LogP contribution in [0.3, 0.4) is 0 Å². The predicted molar refractivity (Wildman–Crippen MR) is 139 cm³/mol. The first kappa shape index (κ1) is 22.5. The van der Waals surface area contributed by atoms with E-state index < -0.39 is 23.8 Å². The van der Waals surface area contributed by atoms with Gasteiger partial charge in [0, 0.05) is 29.4 Å². The van der Waals surface area contributed by atoms with Gasteiger partial charge in [-0.1, -0.05) is 66.7 Å². The van der Waals surface area contributed by atoms with Crippen molar-refractivity contribution in [2.24, 2.45) is 0 Å². The Morgan fingerprint density at radius 1 is 0.784 bits per heavy atom. The van der Waals surface area contributed by atoms with Crippen LogP contribution in [0, 0.1) is 0 Å². The third kappa shape index (κ3) is 3.90. The first-order valence-electron chi connectivity index (χ1n) is 12.0. The molecule has 0 saturated carbocycles. The molecule has 1 aliphatic rings. The fourth-order valence-electron chi connectivity index (χ4n) is 5.12. The molecule has 180 valence electrons. The lowest BCUT2D eigenvalue weighted by Gasteiger charge is -2.37. The van der Waals surface area contributed by atoms with Crippen LogP contribution in [0.25, 0.3) is 11.0 Å². The summed E-state index contributed by atoms with van der Waals surface area (Å²) in [5.41, 5.74) is 2.80. The lowest BCUT2D eigenvalue weighted by atomic mass is 9.74. The summed E-state index contributed by atoms with van der Waals surface area (Å²) in [4.78, 5) is 50.6. The Morgan fingerprint density at radius 3 is 2.16 bits per heavy atom. The average Bonchev–Trinajstić information content (AvgIpc) is 3.35. The SMILES string of the molecule is O=C(NC1C(=O)n2c(nc3ccccc32)C(C(=O)c2ccccc2)C1c1cccnc1)c1ccccc1. The normalized spacial score (nSPS) is 18.8. The van der Waals surface area contributed by atoms with Crippen molar-refractivity contribution in [3.05, 3.63) is 132 Å². The molecule has 3 atom stereocenters. The van der Waals surface area contributed by atoms with Crippen LogP contribution >= 0.6 is 0 Å². The van der Waals surface area contributed by atoms with Crippen LogP contribution in [0.1, 0.15) is 48.7 Å². The number of nitrogens with zero attached hydrogens (tertiary/aromatic N) is 3. The van der Waals surface area contributed by atoms with Gasteiger partial charge in [0.1, 0.15) is 11.9 Å². The molecule has 0 spiro atoms. The van der Waals surface area contributed by atoms with Crippen LogP contribution in [0.15, 0.2) is 109 Å². The summed E-state index contributed by atoms with van der Waals surface area (Å²) >= 11 is 0. The maximum absolute atomic E-state index is 14.1. The van der Waals surface area contributed by atoms with Crippen molar-refractivity contribution in [3.63, 3.8) is 0 Å². The van der Waals surface area contributed by atoms with E-state index >= 15 is 0 Å². The molecule has 0 fully saturated rings. The molecular formula is C30H22N4O3. The minimum absolute atomic E-state index is 0.183. The number of benzene rings is 3. The van der Waals surface area contributed by atoms with Gasteiger partial charge in [-0.05, 0) is 35.9 Å². The molecule has 1 aliphatic heterocycles. The Bertz CT molecular complexity index is 1610. The zero-order chi connectivity index (χ0) is 25.4. The molecule has 0 bridgehead atoms. The summed E-state index contributed by atoms with van der Waals surface area (Å²) in [6.07, 6.45) is 3.28. The third-order valence-electron chi connectivity index (χ3n) is 6.80. The van der Waals surface area contributed by atoms with Gasteiger partial charge in [0.05, 0.1) is 17.0 Å². The summed E-state index contributed by atoms with van der Waals surface area (Å²) in [6.45, 7) is 0. The number of pyridine rings is 1. The Kier molecular flexibility index (Phi) is 5.65. The molecule has 1 amide bonds. The van der Waals surface area contributed by atoms with Crippen LogP contribution in [0.2, 0.25) is 0 Å². The number of Topliss-reactive ketones (excluding diaryl/α,β-unsaturated/α-hetero) is 1. The van der Waals surface area contributed by atoms with Crippen LogP contribution in [-0.2, 0) is 0 Å². The summed E-state index contributed by atoms with van der Waals surface area (Å²) < 4.78 is 1.49. The molecular weight excluding hydrogens is 464 g/mol. The van der Waals surface area contributed by atoms with Gasteiger partial charge in [-0.3, -0.25) is 23.9 Å². The van der Waals surface area contributed by atoms with Crippen molar-refractivity contribution in [2.75, 3.05) is 0 Å². The van der Waals surface area contributed by atoms with Gasteiger partial charge >= 0.3 is 0 Å². The first-order valence-corrected chi connectivity index (χ1v) is 12.0. The van der Waals surface area contributed by atoms with Gasteiger partial charge in [0.2, 0.25) is 0 Å². The maximum Gasteiger partial charge on any atom is 0.255 e. The molecule has 3 aromatic carbocycles. The molecule has 2 aromatic heterocycles. The number of fused-ring (bicyclic) bond motifs is 3. The number of nitrogens with one attached hydrogen (secondary N) is 1. The van der Waals surface area contributed by atoms with Gasteiger partial charge < -0.3 is 5.32 Å². The lowest BCUT2D eigenvalue weighted by Crippen LogP contribution is -2.53. The number of aromatic nitrogens is 3. The Hall–Kier alpha value is -4.91. The topological polar surface area (TPSA) is 94.0 Å². The molecule has 3 heterocycles. The predicted octanol–water partition coefficient (Wildman–Crippen LogP) is 4.63. The molecule has 5 aromatic rings. The number of rotatable bonds is 5. The molecule has 0 saturated heterocycles. The minimum Gasteiger partial charge on any atom is -0.340 e. The summed E-state index contributed by atoms with van der Waals surface area (Å²) in [7, 11) is 0. The summed E-state index contributed by atoms with van der Waals surface area (Å²) in [6, 6.07) is 27.5. The zero-order valence-electron chi connectivity index (χ0n) is 19.7. The largest absolute Gasteiger partial charge is 0.340 e. The number of para-hydroxylation sites is 2. The molecule has 1 N–H and O–H groups in total. The van der Waals surface area contributed by atoms with E-state index in [1.54, 1.807) is 73.1 Å². The Morgan fingerprint density at radius 2 is 1.46 bits per heavy atom. The van der Waals surface area contributed by atoms with Crippen LogP contribution < -0.4 is 5.32 Å². The van der Waals surface area contributed by atoms with Gasteiger partial charge in [-0.25, -0.2) is 4.98 Å². The molecule has 0 aliphatic carbocycles. The molecule has 7 heteroatoms. The quantitative estimate of drug-likeness (QED) is 0.366. The second-order valence-corrected chi connectivity index (χ2v) is 8.97. The van der Waals surface area contributed by atoms with Crippen molar-refractivity contribution in [3.8, 4) is 0 Å². The number of carbonyl (C=O) groups is 3. The fraction of sp³-hybridized carbons (Fsp3) is 0.100. The van der Waals surface area contributed by atoms with Gasteiger partial charge in [0.25, 0.3) is 11.8 Å². The number of imidazole rings is 1. The second kappa shape index (κ2) is 9.28. The van der Waals surface area contributed by atoms with E-state index in [9.17, 15) is 14.4 Å². The number of hydrogen-bond acceptors (Lipinski definition) is 5. The smallest absolute Gasteiger partial charge is 0.255 e. The monoisotopic (exact) mass is 486 g/mol. The van der Waals surface area contributed by atoms with E-state index in [0.29, 0.717) is 33.5 Å². The number of carbonyl (C=O) groups excluding carboxylic acids is 3. The fourth-order valence-corrected chi connectivity index (χ4v) is 5.12. The number of amides is 1. The van der Waals surface area contributed by atoms with Crippen molar-refractivity contribution in [1.82, 2.24) is 19.9 Å². The highest BCUT2D eigenvalue weighted by molar-refractivity contribution is 6.07. The number of hydrogen-bond donors (Lipinski definition) is 1.